The molecule has 0 radical (unpaired) electrons. The first-order valence-corrected chi connectivity index (χ1v) is 8.51. The summed E-state index contributed by atoms with van der Waals surface area (Å²) in [5.74, 6) is 0. The lowest BCUT2D eigenvalue weighted by Crippen LogP contribution is -2.01. The maximum atomic E-state index is 11.0. The molecule has 0 aliphatic carbocycles. The van der Waals surface area contributed by atoms with E-state index in [1.54, 1.807) is 30.2 Å². The maximum Gasteiger partial charge on any atom is 0.292 e. The molecule has 0 bridgehead atoms. The molecule has 0 saturated carbocycles. The summed E-state index contributed by atoms with van der Waals surface area (Å²) in [4.78, 5) is 16.5. The smallest absolute Gasteiger partial charge is 0.292 e. The average Bonchev–Trinajstić information content (AvgIpc) is 3.10. The SMILES string of the molecule is CNc1cc(Sc2ccc(Cl)cc2Cn2cncn2)ccc1[N+](=O)[O-]. The van der Waals surface area contributed by atoms with Gasteiger partial charge in [0.2, 0.25) is 0 Å². The van der Waals surface area contributed by atoms with Crippen molar-refractivity contribution in [2.75, 3.05) is 12.4 Å². The van der Waals surface area contributed by atoms with Gasteiger partial charge in [0.1, 0.15) is 18.3 Å². The molecule has 3 aromatic rings. The first kappa shape index (κ1) is 17.2. The van der Waals surface area contributed by atoms with Crippen LogP contribution in [0.4, 0.5) is 11.4 Å². The van der Waals surface area contributed by atoms with Crippen molar-refractivity contribution in [1.82, 2.24) is 14.8 Å². The van der Waals surface area contributed by atoms with Gasteiger partial charge >= 0.3 is 0 Å². The van der Waals surface area contributed by atoms with Gasteiger partial charge in [0.05, 0.1) is 11.5 Å². The molecule has 0 amide bonds. The molecule has 0 aliphatic heterocycles. The van der Waals surface area contributed by atoms with Crippen LogP contribution in [-0.4, -0.2) is 26.7 Å². The first-order chi connectivity index (χ1) is 12.1. The Kier molecular flexibility index (Phi) is 5.20. The van der Waals surface area contributed by atoms with Gasteiger partial charge in [-0.2, -0.15) is 5.10 Å². The highest BCUT2D eigenvalue weighted by atomic mass is 35.5. The minimum atomic E-state index is -0.404. The fourth-order valence-corrected chi connectivity index (χ4v) is 3.48. The highest BCUT2D eigenvalue weighted by molar-refractivity contribution is 7.99. The van der Waals surface area contributed by atoms with Crippen molar-refractivity contribution in [1.29, 1.82) is 0 Å². The third-order valence-corrected chi connectivity index (χ3v) is 4.83. The summed E-state index contributed by atoms with van der Waals surface area (Å²) in [6, 6.07) is 10.6. The summed E-state index contributed by atoms with van der Waals surface area (Å²) in [6.45, 7) is 0.536. The minimum absolute atomic E-state index is 0.0470. The number of anilines is 1. The van der Waals surface area contributed by atoms with Crippen LogP contribution in [-0.2, 0) is 6.54 Å². The third-order valence-electron chi connectivity index (χ3n) is 3.48. The van der Waals surface area contributed by atoms with Gasteiger partial charge in [-0.15, -0.1) is 0 Å². The molecule has 2 aromatic carbocycles. The van der Waals surface area contributed by atoms with Gasteiger partial charge in [-0.25, -0.2) is 9.67 Å². The van der Waals surface area contributed by atoms with E-state index in [-0.39, 0.29) is 5.69 Å². The zero-order valence-electron chi connectivity index (χ0n) is 13.2. The Morgan fingerprint density at radius 1 is 1.32 bits per heavy atom. The zero-order valence-corrected chi connectivity index (χ0v) is 14.8. The predicted octanol–water partition coefficient (Wildman–Crippen LogP) is 4.08. The van der Waals surface area contributed by atoms with E-state index in [4.69, 9.17) is 11.6 Å². The summed E-state index contributed by atoms with van der Waals surface area (Å²) in [7, 11) is 1.66. The van der Waals surface area contributed by atoms with E-state index >= 15 is 0 Å². The molecule has 25 heavy (non-hydrogen) atoms. The average molecular weight is 376 g/mol. The molecule has 0 fully saturated rings. The molecule has 1 heterocycles. The lowest BCUT2D eigenvalue weighted by molar-refractivity contribution is -0.384. The highest BCUT2D eigenvalue weighted by Crippen LogP contribution is 2.36. The predicted molar refractivity (Wildman–Crippen MR) is 97.3 cm³/mol. The fourth-order valence-electron chi connectivity index (χ4n) is 2.33. The third kappa shape index (κ3) is 4.09. The van der Waals surface area contributed by atoms with Gasteiger partial charge in [0.25, 0.3) is 5.69 Å². The number of nitrogens with zero attached hydrogens (tertiary/aromatic N) is 4. The van der Waals surface area contributed by atoms with Crippen LogP contribution in [0.15, 0.2) is 58.8 Å². The number of nitro groups is 1. The molecule has 0 unspecified atom stereocenters. The number of hydrogen-bond donors (Lipinski definition) is 1. The van der Waals surface area contributed by atoms with E-state index in [1.165, 1.54) is 24.2 Å². The van der Waals surface area contributed by atoms with Crippen LogP contribution in [0.25, 0.3) is 0 Å². The van der Waals surface area contributed by atoms with Crippen molar-refractivity contribution >= 4 is 34.7 Å². The number of halogens is 1. The van der Waals surface area contributed by atoms with Crippen LogP contribution in [0, 0.1) is 10.1 Å². The van der Waals surface area contributed by atoms with Crippen LogP contribution in [0.1, 0.15) is 5.56 Å². The molecule has 0 aliphatic rings. The number of rotatable bonds is 6. The Hall–Kier alpha value is -2.58. The summed E-state index contributed by atoms with van der Waals surface area (Å²) in [5, 5.41) is 18.7. The molecule has 7 nitrogen and oxygen atoms in total. The van der Waals surface area contributed by atoms with Crippen LogP contribution in [0.3, 0.4) is 0 Å². The second kappa shape index (κ2) is 7.54. The van der Waals surface area contributed by atoms with E-state index in [0.717, 1.165) is 15.4 Å². The molecule has 128 valence electrons. The monoisotopic (exact) mass is 375 g/mol. The molecule has 0 spiro atoms. The molecule has 0 atom stereocenters. The lowest BCUT2D eigenvalue weighted by atomic mass is 10.2. The first-order valence-electron chi connectivity index (χ1n) is 7.31. The van der Waals surface area contributed by atoms with Crippen LogP contribution < -0.4 is 5.32 Å². The Morgan fingerprint density at radius 2 is 2.16 bits per heavy atom. The number of hydrogen-bond acceptors (Lipinski definition) is 6. The normalized spacial score (nSPS) is 10.6. The quantitative estimate of drug-likeness (QED) is 0.516. The van der Waals surface area contributed by atoms with Crippen molar-refractivity contribution in [2.45, 2.75) is 16.3 Å². The number of nitrogens with one attached hydrogen (secondary N) is 1. The molecular formula is C16H14ClN5O2S. The highest BCUT2D eigenvalue weighted by Gasteiger charge is 2.14. The van der Waals surface area contributed by atoms with E-state index in [0.29, 0.717) is 17.3 Å². The Bertz CT molecular complexity index is 902. The standard InChI is InChI=1S/C16H14ClN5O2S/c1-18-14-7-13(3-4-15(14)22(23)24)25-16-5-2-12(17)6-11(16)8-21-10-19-9-20-21/h2-7,9-10,18H,8H2,1H3. The topological polar surface area (TPSA) is 85.9 Å². The molecule has 1 aromatic heterocycles. The zero-order chi connectivity index (χ0) is 17.8. The van der Waals surface area contributed by atoms with Crippen molar-refractivity contribution < 1.29 is 4.92 Å². The van der Waals surface area contributed by atoms with Gasteiger partial charge in [-0.1, -0.05) is 23.4 Å². The Balaban J connectivity index is 1.91. The van der Waals surface area contributed by atoms with E-state index in [2.05, 4.69) is 15.4 Å². The number of benzene rings is 2. The summed E-state index contributed by atoms with van der Waals surface area (Å²) >= 11 is 7.64. The van der Waals surface area contributed by atoms with Gasteiger partial charge < -0.3 is 5.32 Å². The Labute approximate surface area is 153 Å². The van der Waals surface area contributed by atoms with E-state index in [9.17, 15) is 10.1 Å². The summed E-state index contributed by atoms with van der Waals surface area (Å²) in [5.41, 5.74) is 1.51. The summed E-state index contributed by atoms with van der Waals surface area (Å²) < 4.78 is 1.71. The minimum Gasteiger partial charge on any atom is -0.383 e. The van der Waals surface area contributed by atoms with Crippen molar-refractivity contribution in [3.05, 3.63) is 69.8 Å². The van der Waals surface area contributed by atoms with E-state index < -0.39 is 4.92 Å². The van der Waals surface area contributed by atoms with E-state index in [1.807, 2.05) is 18.2 Å². The van der Waals surface area contributed by atoms with Crippen molar-refractivity contribution in [2.24, 2.45) is 0 Å². The number of aromatic nitrogens is 3. The molecule has 9 heteroatoms. The van der Waals surface area contributed by atoms with Crippen LogP contribution in [0.2, 0.25) is 5.02 Å². The van der Waals surface area contributed by atoms with Gasteiger partial charge in [0.15, 0.2) is 0 Å². The van der Waals surface area contributed by atoms with Gasteiger partial charge in [0, 0.05) is 27.9 Å². The maximum absolute atomic E-state index is 11.0. The molecule has 1 N–H and O–H groups in total. The number of nitro benzene ring substituents is 1. The second-order valence-corrected chi connectivity index (χ2v) is 6.69. The van der Waals surface area contributed by atoms with Crippen molar-refractivity contribution in [3.63, 3.8) is 0 Å². The molecule has 3 rings (SSSR count). The lowest BCUT2D eigenvalue weighted by Gasteiger charge is -2.11. The second-order valence-electron chi connectivity index (χ2n) is 5.13. The summed E-state index contributed by atoms with van der Waals surface area (Å²) in [6.07, 6.45) is 3.12. The van der Waals surface area contributed by atoms with Crippen molar-refractivity contribution in [3.8, 4) is 0 Å². The largest absolute Gasteiger partial charge is 0.383 e. The molecule has 0 saturated heterocycles. The fraction of sp³-hybridized carbons (Fsp3) is 0.125. The van der Waals surface area contributed by atoms with Gasteiger partial charge in [-0.3, -0.25) is 10.1 Å². The molecular weight excluding hydrogens is 362 g/mol. The van der Waals surface area contributed by atoms with Crippen LogP contribution in [0.5, 0.6) is 0 Å². The van der Waals surface area contributed by atoms with Gasteiger partial charge in [-0.05, 0) is 35.9 Å². The Morgan fingerprint density at radius 3 is 2.84 bits per heavy atom. The van der Waals surface area contributed by atoms with Crippen LogP contribution >= 0.6 is 23.4 Å².